The van der Waals surface area contributed by atoms with Gasteiger partial charge in [-0.15, -0.1) is 0 Å². The van der Waals surface area contributed by atoms with Crippen molar-refractivity contribution in [1.29, 1.82) is 0 Å². The minimum absolute atomic E-state index is 0.130. The molecule has 0 aliphatic rings. The predicted octanol–water partition coefficient (Wildman–Crippen LogP) is 3.49. The van der Waals surface area contributed by atoms with Gasteiger partial charge in [0, 0.05) is 29.5 Å². The van der Waals surface area contributed by atoms with Gasteiger partial charge < -0.3 is 14.0 Å². The van der Waals surface area contributed by atoms with Crippen LogP contribution in [-0.4, -0.2) is 33.2 Å². The smallest absolute Gasteiger partial charge is 0.387 e. The quantitative estimate of drug-likeness (QED) is 0.661. The zero-order valence-corrected chi connectivity index (χ0v) is 15.2. The zero-order valence-electron chi connectivity index (χ0n) is 14.4. The molecule has 1 unspecified atom stereocenters. The summed E-state index contributed by atoms with van der Waals surface area (Å²) in [6, 6.07) is 4.78. The van der Waals surface area contributed by atoms with Crippen molar-refractivity contribution in [3.8, 4) is 11.5 Å². The van der Waals surface area contributed by atoms with Crippen LogP contribution in [0.1, 0.15) is 16.8 Å². The van der Waals surface area contributed by atoms with Crippen molar-refractivity contribution in [3.63, 3.8) is 0 Å². The summed E-state index contributed by atoms with van der Waals surface area (Å²) in [5.74, 6) is 0.202. The summed E-state index contributed by atoms with van der Waals surface area (Å²) in [7, 11) is 1.35. The highest BCUT2D eigenvalue weighted by atomic mass is 32.2. The molecule has 6 nitrogen and oxygen atoms in total. The highest BCUT2D eigenvalue weighted by Crippen LogP contribution is 2.33. The first-order chi connectivity index (χ1) is 12.4. The van der Waals surface area contributed by atoms with Crippen LogP contribution in [0.2, 0.25) is 0 Å². The van der Waals surface area contributed by atoms with Gasteiger partial charge in [-0.25, -0.2) is 0 Å². The third kappa shape index (κ3) is 3.88. The van der Waals surface area contributed by atoms with Gasteiger partial charge in [0.2, 0.25) is 0 Å². The standard InChI is InChI=1S/C17H17F2N3O3S/c1-9-4-10(2)13(20-7-9)8-26(23)17-21-11-5-14(24-3)15(25-16(18)19)6-12(11)22-17/h4-7,16H,8H2,1-3H3,(H,21,22). The number of nitrogens with zero attached hydrogens (tertiary/aromatic N) is 2. The molecule has 0 bridgehead atoms. The number of rotatable bonds is 6. The summed E-state index contributed by atoms with van der Waals surface area (Å²) < 4.78 is 47.2. The van der Waals surface area contributed by atoms with Crippen LogP contribution in [0, 0.1) is 13.8 Å². The monoisotopic (exact) mass is 381 g/mol. The van der Waals surface area contributed by atoms with Gasteiger partial charge in [0.05, 0.1) is 23.8 Å². The summed E-state index contributed by atoms with van der Waals surface area (Å²) in [6.07, 6.45) is 1.72. The summed E-state index contributed by atoms with van der Waals surface area (Å²) in [6.45, 7) is 0.862. The Hall–Kier alpha value is -2.39. The van der Waals surface area contributed by atoms with Gasteiger partial charge in [0.25, 0.3) is 0 Å². The highest BCUT2D eigenvalue weighted by Gasteiger charge is 2.21. The van der Waals surface area contributed by atoms with Crippen molar-refractivity contribution in [2.24, 2.45) is 0 Å². The summed E-state index contributed by atoms with van der Waals surface area (Å²) in [4.78, 5) is 11.5. The molecule has 0 spiro atoms. The molecule has 0 saturated carbocycles. The molecule has 3 aromatic rings. The van der Waals surface area contributed by atoms with Crippen molar-refractivity contribution in [2.75, 3.05) is 7.11 Å². The molecule has 1 N–H and O–H groups in total. The maximum absolute atomic E-state index is 12.6. The maximum atomic E-state index is 12.6. The third-order valence-electron chi connectivity index (χ3n) is 3.77. The summed E-state index contributed by atoms with van der Waals surface area (Å²) in [5.41, 5.74) is 3.57. The minimum Gasteiger partial charge on any atom is -0.609 e. The summed E-state index contributed by atoms with van der Waals surface area (Å²) in [5, 5.41) is 0.234. The van der Waals surface area contributed by atoms with Gasteiger partial charge in [0.1, 0.15) is 0 Å². The van der Waals surface area contributed by atoms with E-state index in [1.807, 2.05) is 19.9 Å². The largest absolute Gasteiger partial charge is 0.609 e. The molecule has 1 aromatic carbocycles. The van der Waals surface area contributed by atoms with Gasteiger partial charge in [-0.1, -0.05) is 6.07 Å². The van der Waals surface area contributed by atoms with E-state index in [0.717, 1.165) is 11.1 Å². The number of ether oxygens (including phenoxy) is 2. The molecular formula is C17H17F2N3O3S. The first-order valence-corrected chi connectivity index (χ1v) is 9.02. The second kappa shape index (κ2) is 7.46. The Bertz CT molecular complexity index is 933. The predicted molar refractivity (Wildman–Crippen MR) is 93.1 cm³/mol. The normalized spacial score (nSPS) is 12.6. The number of nitrogens with one attached hydrogen (secondary N) is 1. The van der Waals surface area contributed by atoms with Crippen LogP contribution in [0.25, 0.3) is 11.0 Å². The molecule has 26 heavy (non-hydrogen) atoms. The van der Waals surface area contributed by atoms with E-state index in [1.54, 1.807) is 6.20 Å². The molecule has 0 fully saturated rings. The Balaban J connectivity index is 1.90. The highest BCUT2D eigenvalue weighted by molar-refractivity contribution is 7.90. The molecule has 2 heterocycles. The SMILES string of the molecule is COc1cc2[nH]c([S+]([O-])Cc3ncc(C)cc3C)nc2cc1OC(F)F. The zero-order chi connectivity index (χ0) is 18.8. The van der Waals surface area contributed by atoms with E-state index in [9.17, 15) is 13.3 Å². The van der Waals surface area contributed by atoms with E-state index in [0.29, 0.717) is 16.7 Å². The number of imidazole rings is 1. The van der Waals surface area contributed by atoms with Crippen molar-refractivity contribution < 1.29 is 22.8 Å². The molecule has 0 saturated heterocycles. The Labute approximate surface area is 151 Å². The van der Waals surface area contributed by atoms with Crippen LogP contribution < -0.4 is 9.47 Å². The molecule has 0 amide bonds. The lowest BCUT2D eigenvalue weighted by atomic mass is 10.2. The Morgan fingerprint density at radius 1 is 1.23 bits per heavy atom. The van der Waals surface area contributed by atoms with Crippen molar-refractivity contribution in [2.45, 2.75) is 31.4 Å². The first kappa shape index (κ1) is 18.4. The van der Waals surface area contributed by atoms with Crippen LogP contribution in [0.5, 0.6) is 11.5 Å². The molecular weight excluding hydrogens is 364 g/mol. The Morgan fingerprint density at radius 2 is 2.00 bits per heavy atom. The van der Waals surface area contributed by atoms with Crippen LogP contribution >= 0.6 is 0 Å². The fourth-order valence-corrected chi connectivity index (χ4v) is 3.65. The minimum atomic E-state index is -2.98. The second-order valence-corrected chi connectivity index (χ2v) is 7.07. The topological polar surface area (TPSA) is 83.1 Å². The number of hydrogen-bond acceptors (Lipinski definition) is 5. The lowest BCUT2D eigenvalue weighted by molar-refractivity contribution is -0.0511. The average molecular weight is 381 g/mol. The van der Waals surface area contributed by atoms with Crippen molar-refractivity contribution in [1.82, 2.24) is 15.0 Å². The Morgan fingerprint density at radius 3 is 2.65 bits per heavy atom. The van der Waals surface area contributed by atoms with E-state index in [4.69, 9.17) is 4.74 Å². The number of pyridine rings is 1. The van der Waals surface area contributed by atoms with E-state index in [2.05, 4.69) is 19.7 Å². The summed E-state index contributed by atoms with van der Waals surface area (Å²) >= 11 is -1.47. The van der Waals surface area contributed by atoms with Crippen molar-refractivity contribution in [3.05, 3.63) is 41.2 Å². The van der Waals surface area contributed by atoms with Crippen LogP contribution in [0.4, 0.5) is 8.78 Å². The lowest BCUT2D eigenvalue weighted by Crippen LogP contribution is -2.09. The fourth-order valence-electron chi connectivity index (χ4n) is 2.54. The van der Waals surface area contributed by atoms with Gasteiger partial charge in [-0.05, 0) is 25.0 Å². The average Bonchev–Trinajstić information content (AvgIpc) is 2.99. The number of methoxy groups -OCH3 is 1. The van der Waals surface area contributed by atoms with Gasteiger partial charge in [-0.3, -0.25) is 9.97 Å². The van der Waals surface area contributed by atoms with E-state index >= 15 is 0 Å². The number of aryl methyl sites for hydroxylation is 2. The maximum Gasteiger partial charge on any atom is 0.387 e. The van der Waals surface area contributed by atoms with Gasteiger partial charge in [-0.2, -0.15) is 13.8 Å². The van der Waals surface area contributed by atoms with E-state index in [-0.39, 0.29) is 22.4 Å². The molecule has 9 heteroatoms. The molecule has 0 radical (unpaired) electrons. The molecule has 1 atom stereocenters. The number of benzene rings is 1. The van der Waals surface area contributed by atoms with E-state index in [1.165, 1.54) is 19.2 Å². The van der Waals surface area contributed by atoms with E-state index < -0.39 is 17.8 Å². The van der Waals surface area contributed by atoms with Crippen LogP contribution in [0.3, 0.4) is 0 Å². The van der Waals surface area contributed by atoms with Crippen molar-refractivity contribution >= 4 is 22.2 Å². The number of aromatic nitrogens is 3. The van der Waals surface area contributed by atoms with Gasteiger partial charge >= 0.3 is 11.8 Å². The number of aromatic amines is 1. The number of alkyl halides is 2. The molecule has 138 valence electrons. The number of hydrogen-bond donors (Lipinski definition) is 1. The number of fused-ring (bicyclic) bond motifs is 1. The molecule has 0 aliphatic carbocycles. The van der Waals surface area contributed by atoms with Crippen LogP contribution in [-0.2, 0) is 16.9 Å². The molecule has 2 aromatic heterocycles. The fraction of sp³-hybridized carbons (Fsp3) is 0.294. The lowest BCUT2D eigenvalue weighted by Gasteiger charge is -2.09. The third-order valence-corrected chi connectivity index (χ3v) is 4.93. The number of halogens is 2. The second-order valence-electron chi connectivity index (χ2n) is 5.71. The Kier molecular flexibility index (Phi) is 5.28. The first-order valence-electron chi connectivity index (χ1n) is 7.70. The molecule has 0 aliphatic heterocycles. The number of H-pyrrole nitrogens is 1. The molecule has 3 rings (SSSR count). The van der Waals surface area contributed by atoms with Gasteiger partial charge in [0.15, 0.2) is 17.3 Å². The van der Waals surface area contributed by atoms with Crippen LogP contribution in [0.15, 0.2) is 29.6 Å².